The van der Waals surface area contributed by atoms with E-state index in [4.69, 9.17) is 4.74 Å². The zero-order valence-corrected chi connectivity index (χ0v) is 20.4. The Kier molecular flexibility index (Phi) is 6.54. The van der Waals surface area contributed by atoms with Crippen LogP contribution in [0.2, 0.25) is 0 Å². The van der Waals surface area contributed by atoms with Crippen LogP contribution in [0.25, 0.3) is 16.6 Å². The first-order valence-corrected chi connectivity index (χ1v) is 12.0. The lowest BCUT2D eigenvalue weighted by Gasteiger charge is -2.16. The quantitative estimate of drug-likeness (QED) is 0.331. The predicted molar refractivity (Wildman–Crippen MR) is 141 cm³/mol. The van der Waals surface area contributed by atoms with E-state index >= 15 is 0 Å². The third-order valence-corrected chi connectivity index (χ3v) is 6.46. The molecule has 0 radical (unpaired) electrons. The maximum absolute atomic E-state index is 13.7. The summed E-state index contributed by atoms with van der Waals surface area (Å²) in [7, 11) is 1.53. The number of benzene rings is 3. The standard InChI is InChI=1S/C29H28N4O3/c1-21-13-15-22(16-14-21)19-31-20-30-18-23(31)8-7-17-32-25-10-4-3-9-24(25)28(34)33(29(32)35)26-11-5-6-12-27(26)36-2/h3-6,9-16,18,20H,7-8,17,19H2,1-2H3. The van der Waals surface area contributed by atoms with E-state index in [2.05, 4.69) is 40.7 Å². The Balaban J connectivity index is 1.46. The summed E-state index contributed by atoms with van der Waals surface area (Å²) in [6.07, 6.45) is 5.19. The van der Waals surface area contributed by atoms with Crippen molar-refractivity contribution in [1.82, 2.24) is 18.7 Å². The van der Waals surface area contributed by atoms with Crippen molar-refractivity contribution in [3.63, 3.8) is 0 Å². The molecule has 0 spiro atoms. The van der Waals surface area contributed by atoms with Gasteiger partial charge in [-0.05, 0) is 49.6 Å². The highest BCUT2D eigenvalue weighted by Crippen LogP contribution is 2.20. The summed E-state index contributed by atoms with van der Waals surface area (Å²) in [5.41, 5.74) is 3.88. The lowest BCUT2D eigenvalue weighted by Crippen LogP contribution is -2.39. The van der Waals surface area contributed by atoms with E-state index in [1.165, 1.54) is 22.8 Å². The molecule has 0 bridgehead atoms. The number of rotatable bonds is 8. The highest BCUT2D eigenvalue weighted by molar-refractivity contribution is 5.78. The predicted octanol–water partition coefficient (Wildman–Crippen LogP) is 4.35. The SMILES string of the molecule is COc1ccccc1-n1c(=O)c2ccccc2n(CCCc2cncn2Cc2ccc(C)cc2)c1=O. The largest absolute Gasteiger partial charge is 0.495 e. The van der Waals surface area contributed by atoms with Gasteiger partial charge in [0.1, 0.15) is 5.75 Å². The van der Waals surface area contributed by atoms with Crippen LogP contribution in [0.15, 0.2) is 94.9 Å². The molecule has 2 aromatic heterocycles. The maximum atomic E-state index is 13.7. The van der Waals surface area contributed by atoms with Crippen LogP contribution < -0.4 is 16.0 Å². The minimum absolute atomic E-state index is 0.354. The summed E-state index contributed by atoms with van der Waals surface area (Å²) in [6, 6.07) is 22.8. The molecule has 0 unspecified atom stereocenters. The van der Waals surface area contributed by atoms with Gasteiger partial charge in [0.05, 0.1) is 30.0 Å². The number of imidazole rings is 1. The van der Waals surface area contributed by atoms with Crippen molar-refractivity contribution in [3.05, 3.63) is 123 Å². The molecule has 3 aromatic carbocycles. The molecule has 5 aromatic rings. The monoisotopic (exact) mass is 480 g/mol. The van der Waals surface area contributed by atoms with Crippen molar-refractivity contribution in [2.45, 2.75) is 32.9 Å². The highest BCUT2D eigenvalue weighted by atomic mass is 16.5. The summed E-state index contributed by atoms with van der Waals surface area (Å²) in [6.45, 7) is 3.29. The normalized spacial score (nSPS) is 11.2. The fourth-order valence-corrected chi connectivity index (χ4v) is 4.57. The van der Waals surface area contributed by atoms with Crippen molar-refractivity contribution in [2.75, 3.05) is 7.11 Å². The maximum Gasteiger partial charge on any atom is 0.336 e. The molecule has 0 amide bonds. The van der Waals surface area contributed by atoms with Gasteiger partial charge in [-0.3, -0.25) is 9.36 Å². The lowest BCUT2D eigenvalue weighted by atomic mass is 10.1. The Morgan fingerprint density at radius 3 is 2.47 bits per heavy atom. The van der Waals surface area contributed by atoms with Crippen molar-refractivity contribution < 1.29 is 4.74 Å². The third-order valence-electron chi connectivity index (χ3n) is 6.46. The van der Waals surface area contributed by atoms with Crippen molar-refractivity contribution >= 4 is 10.9 Å². The van der Waals surface area contributed by atoms with Crippen LogP contribution in [0, 0.1) is 6.92 Å². The van der Waals surface area contributed by atoms with Gasteiger partial charge in [-0.25, -0.2) is 14.3 Å². The second-order valence-corrected chi connectivity index (χ2v) is 8.87. The summed E-state index contributed by atoms with van der Waals surface area (Å²) in [4.78, 5) is 31.4. The Bertz CT molecular complexity index is 1630. The van der Waals surface area contributed by atoms with Crippen LogP contribution in [0.4, 0.5) is 0 Å². The number of nitrogens with zero attached hydrogens (tertiary/aromatic N) is 4. The molecule has 7 nitrogen and oxygen atoms in total. The van der Waals surface area contributed by atoms with Gasteiger partial charge in [0, 0.05) is 25.0 Å². The average Bonchev–Trinajstić information content (AvgIpc) is 3.34. The summed E-state index contributed by atoms with van der Waals surface area (Å²) >= 11 is 0. The second kappa shape index (κ2) is 10.1. The summed E-state index contributed by atoms with van der Waals surface area (Å²) in [5.74, 6) is 0.471. The number of hydrogen-bond acceptors (Lipinski definition) is 4. The van der Waals surface area contributed by atoms with Gasteiger partial charge >= 0.3 is 5.69 Å². The highest BCUT2D eigenvalue weighted by Gasteiger charge is 2.17. The average molecular weight is 481 g/mol. The minimum atomic E-state index is -0.378. The van der Waals surface area contributed by atoms with Crippen LogP contribution in [0.1, 0.15) is 23.2 Å². The number of para-hydroxylation sites is 3. The molecule has 0 atom stereocenters. The molecule has 182 valence electrons. The Morgan fingerprint density at radius 2 is 1.67 bits per heavy atom. The molecule has 0 saturated carbocycles. The van der Waals surface area contributed by atoms with E-state index in [1.807, 2.05) is 36.8 Å². The molecular weight excluding hydrogens is 452 g/mol. The number of aryl methyl sites for hydroxylation is 3. The fourth-order valence-electron chi connectivity index (χ4n) is 4.57. The van der Waals surface area contributed by atoms with Crippen molar-refractivity contribution in [2.24, 2.45) is 0 Å². The number of ether oxygens (including phenoxy) is 1. The first kappa shape index (κ1) is 23.4. The molecule has 5 rings (SSSR count). The molecule has 2 heterocycles. The number of hydrogen-bond donors (Lipinski definition) is 0. The number of methoxy groups -OCH3 is 1. The van der Waals surface area contributed by atoms with Crippen molar-refractivity contribution in [1.29, 1.82) is 0 Å². The van der Waals surface area contributed by atoms with Gasteiger partial charge in [-0.1, -0.05) is 54.1 Å². The fraction of sp³-hybridized carbons (Fsp3) is 0.207. The molecule has 0 aliphatic rings. The topological polar surface area (TPSA) is 71.0 Å². The minimum Gasteiger partial charge on any atom is -0.495 e. The molecule has 0 N–H and O–H groups in total. The van der Waals surface area contributed by atoms with Crippen molar-refractivity contribution in [3.8, 4) is 11.4 Å². The van der Waals surface area contributed by atoms with E-state index in [0.717, 1.165) is 18.7 Å². The van der Waals surface area contributed by atoms with Crippen LogP contribution >= 0.6 is 0 Å². The molecule has 0 aliphatic heterocycles. The first-order chi connectivity index (χ1) is 17.6. The van der Waals surface area contributed by atoms with Gasteiger partial charge in [-0.2, -0.15) is 0 Å². The molecule has 7 heteroatoms. The second-order valence-electron chi connectivity index (χ2n) is 8.87. The Morgan fingerprint density at radius 1 is 0.917 bits per heavy atom. The molecule has 0 aliphatic carbocycles. The van der Waals surface area contributed by atoms with Gasteiger partial charge in [-0.15, -0.1) is 0 Å². The smallest absolute Gasteiger partial charge is 0.336 e. The zero-order chi connectivity index (χ0) is 25.1. The third kappa shape index (κ3) is 4.47. The number of fused-ring (bicyclic) bond motifs is 1. The van der Waals surface area contributed by atoms with E-state index in [9.17, 15) is 9.59 Å². The Labute approximate surface area is 208 Å². The first-order valence-electron chi connectivity index (χ1n) is 12.0. The molecule has 0 saturated heterocycles. The van der Waals surface area contributed by atoms with E-state index in [1.54, 1.807) is 28.8 Å². The summed E-state index contributed by atoms with van der Waals surface area (Å²) in [5, 5.41) is 0.493. The van der Waals surface area contributed by atoms with Crippen LogP contribution in [-0.2, 0) is 19.5 Å². The van der Waals surface area contributed by atoms with Crippen LogP contribution in [-0.4, -0.2) is 25.8 Å². The van der Waals surface area contributed by atoms with Crippen LogP contribution in [0.3, 0.4) is 0 Å². The van der Waals surface area contributed by atoms with E-state index in [0.29, 0.717) is 35.3 Å². The zero-order valence-electron chi connectivity index (χ0n) is 20.4. The summed E-state index contributed by atoms with van der Waals surface area (Å²) < 4.78 is 10.5. The molecule has 0 fully saturated rings. The van der Waals surface area contributed by atoms with Gasteiger partial charge in [0.15, 0.2) is 0 Å². The Hall–Kier alpha value is -4.39. The molecule has 36 heavy (non-hydrogen) atoms. The van der Waals surface area contributed by atoms with Gasteiger partial charge < -0.3 is 9.30 Å². The van der Waals surface area contributed by atoms with E-state index < -0.39 is 0 Å². The van der Waals surface area contributed by atoms with Gasteiger partial charge in [0.25, 0.3) is 5.56 Å². The molecular formula is C29H28N4O3. The van der Waals surface area contributed by atoms with E-state index in [-0.39, 0.29) is 11.2 Å². The lowest BCUT2D eigenvalue weighted by molar-refractivity contribution is 0.411. The van der Waals surface area contributed by atoms with Crippen LogP contribution in [0.5, 0.6) is 5.75 Å². The number of aromatic nitrogens is 4. The van der Waals surface area contributed by atoms with Gasteiger partial charge in [0.2, 0.25) is 0 Å².